The number of esters is 1. The zero-order valence-electron chi connectivity index (χ0n) is 24.4. The van der Waals surface area contributed by atoms with E-state index in [0.29, 0.717) is 22.1 Å². The largest absolute Gasteiger partial charge is 0.512 e. The first-order valence-corrected chi connectivity index (χ1v) is 14.4. The monoisotopic (exact) mass is 587 g/mol. The molecule has 9 heteroatoms. The van der Waals surface area contributed by atoms with Crippen LogP contribution < -0.4 is 21.2 Å². The maximum atomic E-state index is 14.3. The average molecular weight is 589 g/mol. The van der Waals surface area contributed by atoms with Crippen LogP contribution in [0.3, 0.4) is 0 Å². The number of benzene rings is 1. The molecule has 0 amide bonds. The Morgan fingerprint density at radius 1 is 1.05 bits per heavy atom. The summed E-state index contributed by atoms with van der Waals surface area (Å²) in [7, 11) is 0. The highest BCUT2D eigenvalue weighted by atomic mass is 35.5. The first-order chi connectivity index (χ1) is 18.4. The van der Waals surface area contributed by atoms with E-state index in [1.54, 1.807) is 24.3 Å². The van der Waals surface area contributed by atoms with E-state index in [1.807, 2.05) is 0 Å². The van der Waals surface area contributed by atoms with E-state index in [2.05, 4.69) is 53.5 Å². The minimum Gasteiger partial charge on any atom is -0.512 e. The second kappa shape index (κ2) is 10.6. The molecule has 216 valence electrons. The number of nitrogen functional groups attached to an aromatic ring is 1. The Balaban J connectivity index is 1.98. The minimum absolute atomic E-state index is 0.00266. The van der Waals surface area contributed by atoms with Crippen LogP contribution in [0.4, 0.5) is 5.82 Å². The summed E-state index contributed by atoms with van der Waals surface area (Å²) < 4.78 is 7.43. The number of nitrogens with zero attached hydrogens (tertiary/aromatic N) is 2. The Morgan fingerprint density at radius 2 is 1.57 bits per heavy atom. The van der Waals surface area contributed by atoms with Crippen molar-refractivity contribution in [3.63, 3.8) is 0 Å². The number of nitrogens with two attached hydrogens (primary N) is 1. The van der Waals surface area contributed by atoms with Gasteiger partial charge in [-0.2, -0.15) is 0 Å². The summed E-state index contributed by atoms with van der Waals surface area (Å²) in [5, 5.41) is 10.5. The molecule has 1 fully saturated rings. The quantitative estimate of drug-likeness (QED) is 0.322. The number of rotatable bonds is 3. The standard InChI is InChI=1S/C31H39Cl2N3O4/c1-15-13-19(30(3,4)5)23(20(14-15)31(6,7)8)29(39)40-24-22(17-9-11-18(32)12-10-17)25(33)36-27(24)35-26(34)21(16(2)37)28(36)38/h9-12,15,19-20,23,37H,13-14H2,1-8H3,(H2,34,35)/b21-16-. The molecule has 3 aromatic rings. The lowest BCUT2D eigenvalue weighted by Crippen LogP contribution is -2.48. The van der Waals surface area contributed by atoms with Crippen molar-refractivity contribution in [1.82, 2.24) is 9.38 Å². The van der Waals surface area contributed by atoms with E-state index in [1.165, 1.54) is 6.92 Å². The Bertz CT molecular complexity index is 1540. The molecule has 0 saturated heterocycles. The highest BCUT2D eigenvalue weighted by molar-refractivity contribution is 6.34. The highest BCUT2D eigenvalue weighted by Gasteiger charge is 2.50. The molecule has 2 atom stereocenters. The Morgan fingerprint density at radius 3 is 2.05 bits per heavy atom. The number of carbonyl (C=O) groups is 1. The third-order valence-electron chi connectivity index (χ3n) is 8.32. The van der Waals surface area contributed by atoms with Crippen molar-refractivity contribution in [2.24, 2.45) is 34.5 Å². The normalized spacial score (nSPS) is 22.9. The molecule has 1 saturated carbocycles. The number of halogens is 2. The van der Waals surface area contributed by atoms with Gasteiger partial charge in [-0.15, -0.1) is 0 Å². The van der Waals surface area contributed by atoms with Gasteiger partial charge >= 0.3 is 5.97 Å². The van der Waals surface area contributed by atoms with Crippen molar-refractivity contribution >= 4 is 46.4 Å². The van der Waals surface area contributed by atoms with Crippen LogP contribution in [0.2, 0.25) is 10.2 Å². The van der Waals surface area contributed by atoms with Crippen LogP contribution >= 0.6 is 23.2 Å². The molecule has 7 nitrogen and oxygen atoms in total. The maximum Gasteiger partial charge on any atom is 0.315 e. The predicted molar refractivity (Wildman–Crippen MR) is 162 cm³/mol. The number of fused-ring (bicyclic) bond motifs is 1. The number of anilines is 1. The number of aliphatic hydroxyl groups is 1. The molecule has 1 aliphatic rings. The number of hydrogen-bond donors (Lipinski definition) is 2. The number of ether oxygens (including phenoxy) is 1. The van der Waals surface area contributed by atoms with Gasteiger partial charge in [0.25, 0.3) is 5.56 Å². The summed E-state index contributed by atoms with van der Waals surface area (Å²) in [5.74, 6) is -0.573. The topological polar surface area (TPSA) is 107 Å². The van der Waals surface area contributed by atoms with E-state index in [0.717, 1.165) is 17.2 Å². The lowest BCUT2D eigenvalue weighted by molar-refractivity contribution is -0.152. The second-order valence-corrected chi connectivity index (χ2v) is 14.2. The van der Waals surface area contributed by atoms with Crippen LogP contribution in [0, 0.1) is 34.5 Å². The molecule has 1 aliphatic carbocycles. The first kappa shape index (κ1) is 30.2. The van der Waals surface area contributed by atoms with Gasteiger partial charge < -0.3 is 15.6 Å². The van der Waals surface area contributed by atoms with Gasteiger partial charge in [-0.25, -0.2) is 9.38 Å². The van der Waals surface area contributed by atoms with E-state index in [-0.39, 0.29) is 67.9 Å². The fourth-order valence-electron chi connectivity index (χ4n) is 6.31. The molecule has 0 aliphatic heterocycles. The summed E-state index contributed by atoms with van der Waals surface area (Å²) in [4.78, 5) is 32.2. The van der Waals surface area contributed by atoms with Gasteiger partial charge in [0.1, 0.15) is 21.9 Å². The van der Waals surface area contributed by atoms with Crippen LogP contribution in [0.15, 0.2) is 29.1 Å². The Labute approximate surface area is 245 Å². The van der Waals surface area contributed by atoms with Gasteiger partial charge in [0.15, 0.2) is 11.4 Å². The number of aliphatic hydroxyl groups excluding tert-OH is 1. The van der Waals surface area contributed by atoms with Gasteiger partial charge in [-0.1, -0.05) is 83.8 Å². The molecule has 1 aromatic carbocycles. The van der Waals surface area contributed by atoms with Crippen molar-refractivity contribution in [3.05, 3.63) is 50.0 Å². The average Bonchev–Trinajstić information content (AvgIpc) is 3.08. The molecular weight excluding hydrogens is 549 g/mol. The summed E-state index contributed by atoms with van der Waals surface area (Å²) in [6.45, 7) is 16.6. The molecule has 0 bridgehead atoms. The van der Waals surface area contributed by atoms with Gasteiger partial charge in [-0.3, -0.25) is 9.59 Å². The molecule has 40 heavy (non-hydrogen) atoms. The Hall–Kier alpha value is -2.77. The van der Waals surface area contributed by atoms with Gasteiger partial charge in [0.2, 0.25) is 0 Å². The Kier molecular flexibility index (Phi) is 7.98. The van der Waals surface area contributed by atoms with E-state index in [9.17, 15) is 14.7 Å². The highest BCUT2D eigenvalue weighted by Crippen LogP contribution is 2.53. The van der Waals surface area contributed by atoms with Gasteiger partial charge in [-0.05, 0) is 66.0 Å². The molecule has 2 aromatic heterocycles. The van der Waals surface area contributed by atoms with Crippen molar-refractivity contribution in [3.8, 4) is 16.9 Å². The molecule has 4 rings (SSSR count). The third kappa shape index (κ3) is 5.42. The molecule has 2 unspecified atom stereocenters. The van der Waals surface area contributed by atoms with Crippen molar-refractivity contribution in [2.75, 3.05) is 5.73 Å². The third-order valence-corrected chi connectivity index (χ3v) is 8.93. The van der Waals surface area contributed by atoms with Crippen molar-refractivity contribution < 1.29 is 14.6 Å². The fraction of sp³-hybridized carbons (Fsp3) is 0.516. The zero-order chi connectivity index (χ0) is 29.9. The molecule has 0 radical (unpaired) electrons. The summed E-state index contributed by atoms with van der Waals surface area (Å²) in [6, 6.07) is 6.84. The van der Waals surface area contributed by atoms with Crippen molar-refractivity contribution in [1.29, 1.82) is 0 Å². The molecule has 2 heterocycles. The maximum absolute atomic E-state index is 14.3. The van der Waals surface area contributed by atoms with Crippen LogP contribution in [0.1, 0.15) is 68.2 Å². The lowest BCUT2D eigenvalue weighted by atomic mass is 9.55. The number of carbonyl (C=O) groups excluding carboxylic acids is 1. The second-order valence-electron chi connectivity index (χ2n) is 13.4. The van der Waals surface area contributed by atoms with Gasteiger partial charge in [0.05, 0.1) is 11.5 Å². The van der Waals surface area contributed by atoms with Crippen LogP contribution in [0.5, 0.6) is 5.75 Å². The predicted octanol–water partition coefficient (Wildman–Crippen LogP) is 6.93. The SMILES string of the molecule is C/C(O)=c1\c(N)nc2c(OC(=O)C3C(C(C)(C)C)CC(C)CC3C(C)(C)C)c(-c3ccc(Cl)cc3)c(Cl)n2c1=O. The summed E-state index contributed by atoms with van der Waals surface area (Å²) >= 11 is 13.0. The zero-order valence-corrected chi connectivity index (χ0v) is 25.9. The molecular formula is C31H39Cl2N3O4. The number of aromatic nitrogens is 2. The molecule has 0 spiro atoms. The van der Waals surface area contributed by atoms with E-state index < -0.39 is 5.56 Å². The fourth-order valence-corrected chi connectivity index (χ4v) is 6.79. The van der Waals surface area contributed by atoms with Crippen LogP contribution in [-0.2, 0) is 4.79 Å². The summed E-state index contributed by atoms with van der Waals surface area (Å²) in [6.07, 6.45) is 1.81. The van der Waals surface area contributed by atoms with Crippen molar-refractivity contribution in [2.45, 2.75) is 68.2 Å². The van der Waals surface area contributed by atoms with Crippen LogP contribution in [-0.4, -0.2) is 20.5 Å². The lowest BCUT2D eigenvalue weighted by Gasteiger charge is -2.49. The minimum atomic E-state index is -0.656. The van der Waals surface area contributed by atoms with Gasteiger partial charge in [0, 0.05) is 5.02 Å². The van der Waals surface area contributed by atoms with E-state index >= 15 is 0 Å². The summed E-state index contributed by atoms with van der Waals surface area (Å²) in [5.41, 5.74) is 6.10. The first-order valence-electron chi connectivity index (χ1n) is 13.6. The van der Waals surface area contributed by atoms with E-state index in [4.69, 9.17) is 33.7 Å². The van der Waals surface area contributed by atoms with Crippen LogP contribution in [0.25, 0.3) is 22.5 Å². The number of hydrogen-bond acceptors (Lipinski definition) is 6. The smallest absolute Gasteiger partial charge is 0.315 e. The molecule has 3 N–H and O–H groups in total.